The summed E-state index contributed by atoms with van der Waals surface area (Å²) in [5.41, 5.74) is 0. The van der Waals surface area contributed by atoms with Crippen LogP contribution in [0.5, 0.6) is 0 Å². The lowest BCUT2D eigenvalue weighted by Gasteiger charge is -2.21. The Bertz CT molecular complexity index is 115. The van der Waals surface area contributed by atoms with Crippen molar-refractivity contribution in [2.75, 3.05) is 6.61 Å². The normalized spacial score (nSPS) is 16.2. The van der Waals surface area contributed by atoms with Crippen molar-refractivity contribution in [2.45, 2.75) is 59.0 Å². The van der Waals surface area contributed by atoms with Crippen molar-refractivity contribution < 1.29 is 5.11 Å². The molecule has 2 atom stereocenters. The summed E-state index contributed by atoms with van der Waals surface area (Å²) in [5, 5.41) is 12.2. The van der Waals surface area contributed by atoms with E-state index in [0.717, 1.165) is 18.8 Å². The number of aliphatic hydroxyl groups excluding tert-OH is 1. The van der Waals surface area contributed by atoms with Gasteiger partial charge < -0.3 is 10.4 Å². The molecule has 2 heteroatoms. The summed E-state index contributed by atoms with van der Waals surface area (Å²) in [6.45, 7) is 9.22. The van der Waals surface area contributed by atoms with Crippen LogP contribution in [-0.2, 0) is 0 Å². The van der Waals surface area contributed by atoms with Gasteiger partial charge in [-0.1, -0.05) is 13.8 Å². The van der Waals surface area contributed by atoms with Crippen molar-refractivity contribution in [1.82, 2.24) is 5.32 Å². The van der Waals surface area contributed by atoms with Crippen molar-refractivity contribution in [3.05, 3.63) is 0 Å². The van der Waals surface area contributed by atoms with E-state index in [1.807, 2.05) is 0 Å². The van der Waals surface area contributed by atoms with E-state index in [2.05, 4.69) is 33.0 Å². The summed E-state index contributed by atoms with van der Waals surface area (Å²) >= 11 is 0. The molecule has 0 fully saturated rings. The van der Waals surface area contributed by atoms with E-state index in [1.54, 1.807) is 0 Å². The number of hydrogen-bond acceptors (Lipinski definition) is 2. The smallest absolute Gasteiger partial charge is 0.0431 e. The molecule has 0 radical (unpaired) electrons. The first-order valence-corrected chi connectivity index (χ1v) is 5.43. The highest BCUT2D eigenvalue weighted by molar-refractivity contribution is 4.68. The van der Waals surface area contributed by atoms with Gasteiger partial charge in [0, 0.05) is 18.7 Å². The number of rotatable bonds is 7. The molecule has 0 spiro atoms. The van der Waals surface area contributed by atoms with Gasteiger partial charge in [-0.15, -0.1) is 0 Å². The van der Waals surface area contributed by atoms with Crippen LogP contribution in [0.1, 0.15) is 47.0 Å². The highest BCUT2D eigenvalue weighted by atomic mass is 16.2. The van der Waals surface area contributed by atoms with E-state index >= 15 is 0 Å². The zero-order chi connectivity index (χ0) is 10.3. The van der Waals surface area contributed by atoms with E-state index in [9.17, 15) is 0 Å². The van der Waals surface area contributed by atoms with Crippen LogP contribution in [0.15, 0.2) is 0 Å². The summed E-state index contributed by atoms with van der Waals surface area (Å²) in [5.74, 6) is 0.757. The van der Waals surface area contributed by atoms with Gasteiger partial charge in [-0.05, 0) is 39.0 Å². The van der Waals surface area contributed by atoms with E-state index < -0.39 is 0 Å². The van der Waals surface area contributed by atoms with E-state index in [1.165, 1.54) is 6.42 Å². The molecule has 0 bridgehead atoms. The lowest BCUT2D eigenvalue weighted by Crippen LogP contribution is -2.35. The monoisotopic (exact) mass is 187 g/mol. The van der Waals surface area contributed by atoms with Crippen molar-refractivity contribution in [2.24, 2.45) is 5.92 Å². The molecule has 0 rings (SSSR count). The first-order chi connectivity index (χ1) is 6.06. The van der Waals surface area contributed by atoms with Gasteiger partial charge in [0.2, 0.25) is 0 Å². The minimum absolute atomic E-state index is 0.310. The fourth-order valence-corrected chi connectivity index (χ4v) is 1.74. The Morgan fingerprint density at radius 2 is 1.69 bits per heavy atom. The maximum Gasteiger partial charge on any atom is 0.0431 e. The molecule has 1 unspecified atom stereocenters. The second kappa shape index (κ2) is 7.34. The van der Waals surface area contributed by atoms with Gasteiger partial charge in [-0.2, -0.15) is 0 Å². The first kappa shape index (κ1) is 12.9. The molecule has 13 heavy (non-hydrogen) atoms. The number of hydrogen-bond donors (Lipinski definition) is 2. The Balaban J connectivity index is 3.46. The van der Waals surface area contributed by atoms with Crippen LogP contribution in [0.25, 0.3) is 0 Å². The number of aliphatic hydroxyl groups is 1. The van der Waals surface area contributed by atoms with Crippen LogP contribution >= 0.6 is 0 Å². The molecule has 0 aromatic carbocycles. The quantitative estimate of drug-likeness (QED) is 0.640. The molecule has 0 aliphatic rings. The Morgan fingerprint density at radius 3 is 2.15 bits per heavy atom. The van der Waals surface area contributed by atoms with Gasteiger partial charge in [0.25, 0.3) is 0 Å². The molecule has 2 nitrogen and oxygen atoms in total. The molecular formula is C11H25NO. The standard InChI is InChI=1S/C11H25NO/c1-9(2)8-11(4)12-10(3)6-5-7-13/h9-13H,5-8H2,1-4H3/t10?,11-/m0/s1. The van der Waals surface area contributed by atoms with Crippen LogP contribution in [0.4, 0.5) is 0 Å². The van der Waals surface area contributed by atoms with Crippen LogP contribution in [0, 0.1) is 5.92 Å². The van der Waals surface area contributed by atoms with Crippen LogP contribution < -0.4 is 5.32 Å². The summed E-state index contributed by atoms with van der Waals surface area (Å²) in [4.78, 5) is 0. The molecule has 0 amide bonds. The third kappa shape index (κ3) is 8.26. The van der Waals surface area contributed by atoms with Crippen molar-refractivity contribution in [3.63, 3.8) is 0 Å². The molecule has 0 heterocycles. The van der Waals surface area contributed by atoms with Crippen LogP contribution in [0.3, 0.4) is 0 Å². The lowest BCUT2D eigenvalue weighted by molar-refractivity contribution is 0.272. The molecule has 0 aromatic heterocycles. The second-order valence-electron chi connectivity index (χ2n) is 4.46. The summed E-state index contributed by atoms with van der Waals surface area (Å²) in [6, 6.07) is 1.12. The molecule has 0 aliphatic carbocycles. The second-order valence-corrected chi connectivity index (χ2v) is 4.46. The Morgan fingerprint density at radius 1 is 1.08 bits per heavy atom. The predicted molar refractivity (Wildman–Crippen MR) is 57.8 cm³/mol. The molecule has 0 aliphatic heterocycles. The van der Waals surface area contributed by atoms with Crippen LogP contribution in [0.2, 0.25) is 0 Å². The highest BCUT2D eigenvalue weighted by Crippen LogP contribution is 2.06. The Kier molecular flexibility index (Phi) is 7.29. The van der Waals surface area contributed by atoms with E-state index in [4.69, 9.17) is 5.11 Å². The third-order valence-electron chi connectivity index (χ3n) is 2.19. The molecule has 2 N–H and O–H groups in total. The minimum Gasteiger partial charge on any atom is -0.396 e. The van der Waals surface area contributed by atoms with Crippen molar-refractivity contribution >= 4 is 0 Å². The summed E-state index contributed by atoms with van der Waals surface area (Å²) < 4.78 is 0. The predicted octanol–water partition coefficient (Wildman–Crippen LogP) is 2.17. The van der Waals surface area contributed by atoms with Gasteiger partial charge in [-0.25, -0.2) is 0 Å². The van der Waals surface area contributed by atoms with Gasteiger partial charge >= 0.3 is 0 Å². The minimum atomic E-state index is 0.310. The van der Waals surface area contributed by atoms with Gasteiger partial charge in [-0.3, -0.25) is 0 Å². The molecule has 80 valence electrons. The van der Waals surface area contributed by atoms with E-state index in [-0.39, 0.29) is 0 Å². The summed E-state index contributed by atoms with van der Waals surface area (Å²) in [7, 11) is 0. The zero-order valence-corrected chi connectivity index (χ0v) is 9.51. The van der Waals surface area contributed by atoms with Gasteiger partial charge in [0.15, 0.2) is 0 Å². The van der Waals surface area contributed by atoms with Gasteiger partial charge in [0.1, 0.15) is 0 Å². The highest BCUT2D eigenvalue weighted by Gasteiger charge is 2.08. The largest absolute Gasteiger partial charge is 0.396 e. The third-order valence-corrected chi connectivity index (χ3v) is 2.19. The zero-order valence-electron chi connectivity index (χ0n) is 9.51. The average Bonchev–Trinajstić information content (AvgIpc) is 1.98. The Labute approximate surface area is 82.7 Å². The first-order valence-electron chi connectivity index (χ1n) is 5.43. The average molecular weight is 187 g/mol. The SMILES string of the molecule is CC(C)C[C@H](C)NC(C)CCCO. The fourth-order valence-electron chi connectivity index (χ4n) is 1.74. The maximum absolute atomic E-state index is 8.67. The van der Waals surface area contributed by atoms with Crippen LogP contribution in [-0.4, -0.2) is 23.8 Å². The molecular weight excluding hydrogens is 162 g/mol. The number of nitrogens with one attached hydrogen (secondary N) is 1. The Hall–Kier alpha value is -0.0800. The molecule has 0 aromatic rings. The lowest BCUT2D eigenvalue weighted by atomic mass is 10.0. The summed E-state index contributed by atoms with van der Waals surface area (Å²) in [6.07, 6.45) is 3.20. The fraction of sp³-hybridized carbons (Fsp3) is 1.00. The molecule has 0 saturated carbocycles. The topological polar surface area (TPSA) is 32.3 Å². The van der Waals surface area contributed by atoms with Crippen molar-refractivity contribution in [3.8, 4) is 0 Å². The van der Waals surface area contributed by atoms with Gasteiger partial charge in [0.05, 0.1) is 0 Å². The van der Waals surface area contributed by atoms with E-state index in [0.29, 0.717) is 18.7 Å². The van der Waals surface area contributed by atoms with Crippen molar-refractivity contribution in [1.29, 1.82) is 0 Å². The molecule has 0 saturated heterocycles. The maximum atomic E-state index is 8.67.